The fourth-order valence-corrected chi connectivity index (χ4v) is 3.17. The smallest absolute Gasteiger partial charge is 0.165 e. The molecule has 0 aliphatic rings. The Morgan fingerprint density at radius 1 is 1.44 bits per heavy atom. The lowest BCUT2D eigenvalue weighted by atomic mass is 10.3. The fourth-order valence-electron chi connectivity index (χ4n) is 1.44. The lowest BCUT2D eigenvalue weighted by Crippen LogP contribution is -1.98. The van der Waals surface area contributed by atoms with Crippen LogP contribution in [-0.4, -0.2) is 7.11 Å². The van der Waals surface area contributed by atoms with Crippen molar-refractivity contribution in [2.24, 2.45) is 0 Å². The van der Waals surface area contributed by atoms with E-state index in [2.05, 4.69) is 21.2 Å². The molecule has 96 valence electrons. The molecule has 6 heteroatoms. The minimum absolute atomic E-state index is 0.227. The molecule has 0 aliphatic carbocycles. The van der Waals surface area contributed by atoms with Gasteiger partial charge in [-0.3, -0.25) is 0 Å². The highest BCUT2D eigenvalue weighted by molar-refractivity contribution is 9.10. The Hall–Kier alpha value is -0.780. The van der Waals surface area contributed by atoms with Gasteiger partial charge in [0.15, 0.2) is 11.6 Å². The number of hydrogen-bond acceptors (Lipinski definition) is 3. The fraction of sp³-hybridized carbons (Fsp3) is 0.167. The number of rotatable bonds is 4. The maximum absolute atomic E-state index is 13.2. The molecule has 0 amide bonds. The third-order valence-electron chi connectivity index (χ3n) is 2.31. The van der Waals surface area contributed by atoms with Crippen molar-refractivity contribution in [2.75, 3.05) is 12.4 Å². The van der Waals surface area contributed by atoms with E-state index in [1.54, 1.807) is 12.1 Å². The van der Waals surface area contributed by atoms with Gasteiger partial charge in [0.1, 0.15) is 4.34 Å². The van der Waals surface area contributed by atoms with Gasteiger partial charge in [0, 0.05) is 27.6 Å². The molecule has 2 rings (SSSR count). The van der Waals surface area contributed by atoms with E-state index < -0.39 is 0 Å². The SMILES string of the molecule is COc1cc(NCc2cc(Br)c(Cl)s2)ccc1F. The van der Waals surface area contributed by atoms with Crippen LogP contribution in [0.15, 0.2) is 28.7 Å². The second kappa shape index (κ2) is 5.91. The van der Waals surface area contributed by atoms with Crippen LogP contribution in [0.3, 0.4) is 0 Å². The van der Waals surface area contributed by atoms with Crippen LogP contribution in [0.25, 0.3) is 0 Å². The van der Waals surface area contributed by atoms with Gasteiger partial charge in [-0.15, -0.1) is 11.3 Å². The molecule has 0 bridgehead atoms. The second-order valence-corrected chi connectivity index (χ2v) is 6.13. The third kappa shape index (κ3) is 3.16. The second-order valence-electron chi connectivity index (χ2n) is 3.54. The molecular formula is C12H10BrClFNOS. The molecule has 1 N–H and O–H groups in total. The summed E-state index contributed by atoms with van der Waals surface area (Å²) in [6.45, 7) is 0.630. The topological polar surface area (TPSA) is 21.3 Å². The lowest BCUT2D eigenvalue weighted by molar-refractivity contribution is 0.387. The molecule has 0 saturated carbocycles. The predicted octanol–water partition coefficient (Wildman–Crippen LogP) is 4.92. The molecule has 1 heterocycles. The number of anilines is 1. The molecule has 18 heavy (non-hydrogen) atoms. The Balaban J connectivity index is 2.06. The van der Waals surface area contributed by atoms with Crippen LogP contribution in [0, 0.1) is 5.82 Å². The number of hydrogen-bond donors (Lipinski definition) is 1. The highest BCUT2D eigenvalue weighted by Gasteiger charge is 2.06. The zero-order chi connectivity index (χ0) is 13.1. The van der Waals surface area contributed by atoms with Crippen molar-refractivity contribution >= 4 is 44.6 Å². The molecule has 0 atom stereocenters. The van der Waals surface area contributed by atoms with Crippen molar-refractivity contribution in [3.63, 3.8) is 0 Å². The van der Waals surface area contributed by atoms with Crippen molar-refractivity contribution in [1.29, 1.82) is 0 Å². The van der Waals surface area contributed by atoms with E-state index in [0.29, 0.717) is 6.54 Å². The van der Waals surface area contributed by atoms with Crippen LogP contribution < -0.4 is 10.1 Å². The van der Waals surface area contributed by atoms with Crippen LogP contribution >= 0.6 is 38.9 Å². The third-order valence-corrected chi connectivity index (χ3v) is 4.79. The van der Waals surface area contributed by atoms with Crippen molar-refractivity contribution < 1.29 is 9.13 Å². The van der Waals surface area contributed by atoms with Gasteiger partial charge in [0.2, 0.25) is 0 Å². The summed E-state index contributed by atoms with van der Waals surface area (Å²) < 4.78 is 19.8. The molecule has 0 aliphatic heterocycles. The van der Waals surface area contributed by atoms with Gasteiger partial charge in [-0.1, -0.05) is 11.6 Å². The van der Waals surface area contributed by atoms with Crippen molar-refractivity contribution in [3.05, 3.63) is 43.8 Å². The molecular weight excluding hydrogens is 341 g/mol. The molecule has 0 fully saturated rings. The van der Waals surface area contributed by atoms with Crippen LogP contribution in [-0.2, 0) is 6.54 Å². The number of halogens is 3. The first-order chi connectivity index (χ1) is 8.60. The minimum Gasteiger partial charge on any atom is -0.494 e. The monoisotopic (exact) mass is 349 g/mol. The average molecular weight is 351 g/mol. The van der Waals surface area contributed by atoms with E-state index in [0.717, 1.165) is 19.4 Å². The lowest BCUT2D eigenvalue weighted by Gasteiger charge is -2.07. The number of benzene rings is 1. The Morgan fingerprint density at radius 3 is 2.83 bits per heavy atom. The maximum atomic E-state index is 13.2. The van der Waals surface area contributed by atoms with Crippen LogP contribution in [0.1, 0.15) is 4.88 Å². The number of methoxy groups -OCH3 is 1. The van der Waals surface area contributed by atoms with E-state index in [9.17, 15) is 4.39 Å². The van der Waals surface area contributed by atoms with Crippen LogP contribution in [0.4, 0.5) is 10.1 Å². The minimum atomic E-state index is -0.370. The van der Waals surface area contributed by atoms with E-state index in [1.807, 2.05) is 6.07 Å². The first kappa shape index (κ1) is 13.6. The standard InChI is InChI=1S/C12H10BrClFNOS/c1-17-11-4-7(2-3-10(11)15)16-6-8-5-9(13)12(14)18-8/h2-5,16H,6H2,1H3. The Labute approximate surface area is 122 Å². The first-order valence-electron chi connectivity index (χ1n) is 5.11. The summed E-state index contributed by atoms with van der Waals surface area (Å²) in [5.74, 6) is -0.143. The van der Waals surface area contributed by atoms with Gasteiger partial charge in [0.25, 0.3) is 0 Å². The summed E-state index contributed by atoms with van der Waals surface area (Å²) >= 11 is 10.8. The van der Waals surface area contributed by atoms with Crippen molar-refractivity contribution in [2.45, 2.75) is 6.54 Å². The summed E-state index contributed by atoms with van der Waals surface area (Å²) in [5, 5.41) is 3.19. The average Bonchev–Trinajstić information content (AvgIpc) is 2.68. The number of thiophene rings is 1. The van der Waals surface area contributed by atoms with Crippen molar-refractivity contribution in [1.82, 2.24) is 0 Å². The Kier molecular flexibility index (Phi) is 4.48. The normalized spacial score (nSPS) is 10.4. The molecule has 1 aromatic carbocycles. The number of ether oxygens (including phenoxy) is 1. The Morgan fingerprint density at radius 2 is 2.22 bits per heavy atom. The molecule has 0 unspecified atom stereocenters. The van der Waals surface area contributed by atoms with Gasteiger partial charge >= 0.3 is 0 Å². The van der Waals surface area contributed by atoms with E-state index in [4.69, 9.17) is 16.3 Å². The van der Waals surface area contributed by atoms with Gasteiger partial charge in [0.05, 0.1) is 7.11 Å². The summed E-state index contributed by atoms with van der Waals surface area (Å²) in [6.07, 6.45) is 0. The van der Waals surface area contributed by atoms with E-state index in [1.165, 1.54) is 24.5 Å². The molecule has 0 spiro atoms. The number of nitrogens with one attached hydrogen (secondary N) is 1. The zero-order valence-corrected chi connectivity index (χ0v) is 12.6. The Bertz CT molecular complexity index is 542. The van der Waals surface area contributed by atoms with Gasteiger partial charge in [-0.25, -0.2) is 4.39 Å². The maximum Gasteiger partial charge on any atom is 0.165 e. The molecule has 2 nitrogen and oxygen atoms in total. The molecule has 0 radical (unpaired) electrons. The van der Waals surface area contributed by atoms with Gasteiger partial charge in [-0.05, 0) is 34.1 Å². The first-order valence-corrected chi connectivity index (χ1v) is 7.10. The van der Waals surface area contributed by atoms with Crippen LogP contribution in [0.5, 0.6) is 5.75 Å². The van der Waals surface area contributed by atoms with E-state index in [-0.39, 0.29) is 11.6 Å². The van der Waals surface area contributed by atoms with Gasteiger partial charge in [-0.2, -0.15) is 0 Å². The zero-order valence-electron chi connectivity index (χ0n) is 9.47. The summed E-state index contributed by atoms with van der Waals surface area (Å²) in [5.41, 5.74) is 0.800. The predicted molar refractivity (Wildman–Crippen MR) is 77.3 cm³/mol. The summed E-state index contributed by atoms with van der Waals surface area (Å²) in [6, 6.07) is 6.63. The summed E-state index contributed by atoms with van der Waals surface area (Å²) in [7, 11) is 1.44. The summed E-state index contributed by atoms with van der Waals surface area (Å²) in [4.78, 5) is 1.09. The highest BCUT2D eigenvalue weighted by atomic mass is 79.9. The molecule has 0 saturated heterocycles. The largest absolute Gasteiger partial charge is 0.494 e. The molecule has 2 aromatic rings. The highest BCUT2D eigenvalue weighted by Crippen LogP contribution is 2.32. The van der Waals surface area contributed by atoms with Crippen LogP contribution in [0.2, 0.25) is 4.34 Å². The van der Waals surface area contributed by atoms with Gasteiger partial charge < -0.3 is 10.1 Å². The quantitative estimate of drug-likeness (QED) is 0.844. The van der Waals surface area contributed by atoms with Crippen molar-refractivity contribution in [3.8, 4) is 5.75 Å². The van der Waals surface area contributed by atoms with E-state index >= 15 is 0 Å². The molecule has 1 aromatic heterocycles.